The summed E-state index contributed by atoms with van der Waals surface area (Å²) in [5.74, 6) is 5.63. The summed E-state index contributed by atoms with van der Waals surface area (Å²) in [5.41, 5.74) is 5.48. The molecule has 0 saturated carbocycles. The number of hydrogen-bond donors (Lipinski definition) is 2. The van der Waals surface area contributed by atoms with Crippen LogP contribution in [-0.4, -0.2) is 19.6 Å². The van der Waals surface area contributed by atoms with E-state index in [1.807, 2.05) is 24.4 Å². The fourth-order valence-electron chi connectivity index (χ4n) is 1.97. The monoisotopic (exact) mass is 240 g/mol. The van der Waals surface area contributed by atoms with Crippen molar-refractivity contribution in [1.29, 1.82) is 0 Å². The van der Waals surface area contributed by atoms with E-state index in [9.17, 15) is 0 Å². The summed E-state index contributed by atoms with van der Waals surface area (Å²) in [6, 6.07) is 5.66. The summed E-state index contributed by atoms with van der Waals surface area (Å²) in [6.45, 7) is 0. The van der Waals surface area contributed by atoms with Gasteiger partial charge in [-0.05, 0) is 12.1 Å². The lowest BCUT2D eigenvalue weighted by molar-refractivity contribution is 0.621. The Kier molecular flexibility index (Phi) is 2.71. The first-order valence-corrected chi connectivity index (χ1v) is 5.54. The van der Waals surface area contributed by atoms with Crippen molar-refractivity contribution in [2.24, 2.45) is 5.84 Å². The number of rotatable bonds is 3. The minimum absolute atomic E-state index is 0.224. The molecule has 0 aliphatic carbocycles. The number of nitrogens with two attached hydrogens (primary N) is 1. The zero-order valence-corrected chi connectivity index (χ0v) is 9.56. The fraction of sp³-hybridized carbons (Fsp3) is 0.0833. The third-order valence-electron chi connectivity index (χ3n) is 2.81. The maximum Gasteiger partial charge on any atom is 0.0933 e. The lowest BCUT2D eigenvalue weighted by atomic mass is 10.1. The molecule has 0 saturated heterocycles. The molecule has 0 aromatic carbocycles. The number of nitrogens with zero attached hydrogens (tertiary/aromatic N) is 4. The van der Waals surface area contributed by atoms with E-state index in [1.165, 1.54) is 0 Å². The Morgan fingerprint density at radius 2 is 2.17 bits per heavy atom. The molecular formula is C12H12N6. The second-order valence-corrected chi connectivity index (χ2v) is 3.86. The van der Waals surface area contributed by atoms with Gasteiger partial charge in [0.1, 0.15) is 0 Å². The highest BCUT2D eigenvalue weighted by Gasteiger charge is 2.18. The minimum Gasteiger partial charge on any atom is -0.271 e. The van der Waals surface area contributed by atoms with Crippen LogP contribution in [0.15, 0.2) is 49.2 Å². The van der Waals surface area contributed by atoms with Gasteiger partial charge in [-0.25, -0.2) is 9.94 Å². The first-order chi connectivity index (χ1) is 8.90. The molecule has 3 aromatic rings. The van der Waals surface area contributed by atoms with Gasteiger partial charge in [0, 0.05) is 24.2 Å². The molecule has 3 aromatic heterocycles. The van der Waals surface area contributed by atoms with Crippen LogP contribution in [0.3, 0.4) is 0 Å². The summed E-state index contributed by atoms with van der Waals surface area (Å²) >= 11 is 0. The van der Waals surface area contributed by atoms with Crippen molar-refractivity contribution in [3.05, 3.63) is 60.4 Å². The van der Waals surface area contributed by atoms with Gasteiger partial charge in [-0.2, -0.15) is 5.10 Å². The van der Waals surface area contributed by atoms with Crippen molar-refractivity contribution in [1.82, 2.24) is 25.0 Å². The molecule has 3 heterocycles. The van der Waals surface area contributed by atoms with E-state index in [0.717, 1.165) is 16.8 Å². The second kappa shape index (κ2) is 4.52. The molecule has 6 heteroatoms. The Bertz CT molecular complexity index is 648. The molecule has 0 bridgehead atoms. The topological polar surface area (TPSA) is 81.1 Å². The van der Waals surface area contributed by atoms with Crippen molar-refractivity contribution >= 4 is 5.52 Å². The van der Waals surface area contributed by atoms with Crippen LogP contribution in [0.5, 0.6) is 0 Å². The average molecular weight is 240 g/mol. The summed E-state index contributed by atoms with van der Waals surface area (Å²) in [6.07, 6.45) is 8.65. The first kappa shape index (κ1) is 10.8. The Balaban J connectivity index is 2.12. The largest absolute Gasteiger partial charge is 0.271 e. The molecule has 0 aliphatic rings. The summed E-state index contributed by atoms with van der Waals surface area (Å²) < 4.78 is 1.80. The van der Waals surface area contributed by atoms with E-state index >= 15 is 0 Å². The van der Waals surface area contributed by atoms with Gasteiger partial charge in [-0.1, -0.05) is 6.07 Å². The molecule has 0 fully saturated rings. The van der Waals surface area contributed by atoms with Crippen LogP contribution >= 0.6 is 0 Å². The normalized spacial score (nSPS) is 12.7. The van der Waals surface area contributed by atoms with Crippen molar-refractivity contribution in [2.45, 2.75) is 6.04 Å². The van der Waals surface area contributed by atoms with Gasteiger partial charge in [0.2, 0.25) is 0 Å². The maximum atomic E-state index is 5.63. The Morgan fingerprint density at radius 1 is 1.22 bits per heavy atom. The highest BCUT2D eigenvalue weighted by molar-refractivity contribution is 5.56. The minimum atomic E-state index is -0.224. The lowest BCUT2D eigenvalue weighted by Gasteiger charge is -2.13. The third kappa shape index (κ3) is 1.73. The predicted molar refractivity (Wildman–Crippen MR) is 66.4 cm³/mol. The molecular weight excluding hydrogens is 228 g/mol. The van der Waals surface area contributed by atoms with Gasteiger partial charge in [0.25, 0.3) is 0 Å². The number of hydrogen-bond acceptors (Lipinski definition) is 5. The highest BCUT2D eigenvalue weighted by Crippen LogP contribution is 2.22. The van der Waals surface area contributed by atoms with E-state index in [4.69, 9.17) is 5.84 Å². The zero-order chi connectivity index (χ0) is 12.4. The van der Waals surface area contributed by atoms with Crippen LogP contribution in [0.25, 0.3) is 5.52 Å². The average Bonchev–Trinajstić information content (AvgIpc) is 2.85. The maximum absolute atomic E-state index is 5.63. The van der Waals surface area contributed by atoms with Crippen molar-refractivity contribution < 1.29 is 0 Å². The smallest absolute Gasteiger partial charge is 0.0933 e. The molecule has 90 valence electrons. The number of fused-ring (bicyclic) bond motifs is 1. The third-order valence-corrected chi connectivity index (χ3v) is 2.81. The Hall–Kier alpha value is -2.31. The van der Waals surface area contributed by atoms with Crippen molar-refractivity contribution in [3.63, 3.8) is 0 Å². The summed E-state index contributed by atoms with van der Waals surface area (Å²) in [5, 5.41) is 4.29. The number of nitrogens with one attached hydrogen (secondary N) is 1. The summed E-state index contributed by atoms with van der Waals surface area (Å²) in [4.78, 5) is 8.33. The quantitative estimate of drug-likeness (QED) is 0.519. The van der Waals surface area contributed by atoms with E-state index < -0.39 is 0 Å². The Labute approximate surface area is 103 Å². The first-order valence-electron chi connectivity index (χ1n) is 5.54. The van der Waals surface area contributed by atoms with Gasteiger partial charge in [-0.3, -0.25) is 15.8 Å². The van der Waals surface area contributed by atoms with Crippen LogP contribution in [-0.2, 0) is 0 Å². The van der Waals surface area contributed by atoms with Gasteiger partial charge >= 0.3 is 0 Å². The van der Waals surface area contributed by atoms with Crippen LogP contribution in [0.2, 0.25) is 0 Å². The van der Waals surface area contributed by atoms with E-state index in [2.05, 4.69) is 20.5 Å². The zero-order valence-electron chi connectivity index (χ0n) is 9.56. The molecule has 0 aliphatic heterocycles. The van der Waals surface area contributed by atoms with E-state index in [0.29, 0.717) is 0 Å². The van der Waals surface area contributed by atoms with Crippen LogP contribution in [0.4, 0.5) is 0 Å². The molecule has 6 nitrogen and oxygen atoms in total. The predicted octanol–water partition coefficient (Wildman–Crippen LogP) is 0.677. The molecule has 18 heavy (non-hydrogen) atoms. The molecule has 1 atom stereocenters. The highest BCUT2D eigenvalue weighted by atomic mass is 15.3. The van der Waals surface area contributed by atoms with Crippen molar-refractivity contribution in [3.8, 4) is 0 Å². The standard InChI is InChI=1S/C12H12N6/c13-17-12(10-8-14-4-5-15-10)9-7-16-18-6-2-1-3-11(9)18/h1-8,12,17H,13H2. The SMILES string of the molecule is NNC(c1cnccn1)c1cnn2ccccc12. The van der Waals surface area contributed by atoms with Gasteiger partial charge in [-0.15, -0.1) is 0 Å². The van der Waals surface area contributed by atoms with Crippen LogP contribution < -0.4 is 11.3 Å². The number of aromatic nitrogens is 4. The van der Waals surface area contributed by atoms with Gasteiger partial charge in [0.05, 0.1) is 29.6 Å². The molecule has 0 spiro atoms. The van der Waals surface area contributed by atoms with E-state index in [-0.39, 0.29) is 6.04 Å². The molecule has 3 rings (SSSR count). The second-order valence-electron chi connectivity index (χ2n) is 3.86. The lowest BCUT2D eigenvalue weighted by Crippen LogP contribution is -2.29. The number of pyridine rings is 1. The van der Waals surface area contributed by atoms with Crippen LogP contribution in [0, 0.1) is 0 Å². The molecule has 3 N–H and O–H groups in total. The number of hydrazine groups is 1. The molecule has 0 radical (unpaired) electrons. The molecule has 0 amide bonds. The van der Waals surface area contributed by atoms with Gasteiger partial charge < -0.3 is 0 Å². The van der Waals surface area contributed by atoms with Crippen molar-refractivity contribution in [2.75, 3.05) is 0 Å². The van der Waals surface area contributed by atoms with E-state index in [1.54, 1.807) is 29.3 Å². The fourth-order valence-corrected chi connectivity index (χ4v) is 1.97. The van der Waals surface area contributed by atoms with Crippen LogP contribution in [0.1, 0.15) is 17.3 Å². The Morgan fingerprint density at radius 3 is 2.94 bits per heavy atom. The summed E-state index contributed by atoms with van der Waals surface area (Å²) in [7, 11) is 0. The van der Waals surface area contributed by atoms with Gasteiger partial charge in [0.15, 0.2) is 0 Å². The molecule has 1 unspecified atom stereocenters.